The zero-order valence-corrected chi connectivity index (χ0v) is 14.9. The third-order valence-corrected chi connectivity index (χ3v) is 4.27. The van der Waals surface area contributed by atoms with Gasteiger partial charge in [0.1, 0.15) is 5.75 Å². The Labute approximate surface area is 145 Å². The summed E-state index contributed by atoms with van der Waals surface area (Å²) in [6.45, 7) is 5.83. The van der Waals surface area contributed by atoms with Crippen molar-refractivity contribution in [3.63, 3.8) is 0 Å². The highest BCUT2D eigenvalue weighted by atomic mass is 16.5. The van der Waals surface area contributed by atoms with E-state index in [1.807, 2.05) is 17.0 Å². The van der Waals surface area contributed by atoms with E-state index >= 15 is 0 Å². The van der Waals surface area contributed by atoms with Gasteiger partial charge in [0.25, 0.3) is 0 Å². The average molecular weight is 334 g/mol. The van der Waals surface area contributed by atoms with Crippen LogP contribution in [0.1, 0.15) is 31.7 Å². The highest BCUT2D eigenvalue weighted by Gasteiger charge is 2.23. The van der Waals surface area contributed by atoms with Gasteiger partial charge in [0.05, 0.1) is 13.2 Å². The molecule has 1 N–H and O–H groups in total. The summed E-state index contributed by atoms with van der Waals surface area (Å²) in [6.07, 6.45) is 4.00. The number of piperidine rings is 1. The van der Waals surface area contributed by atoms with E-state index in [0.29, 0.717) is 12.5 Å². The van der Waals surface area contributed by atoms with E-state index in [4.69, 9.17) is 9.47 Å². The number of nitrogens with zero attached hydrogens (tertiary/aromatic N) is 1. The molecule has 2 amide bonds. The molecule has 5 heteroatoms. The largest absolute Gasteiger partial charge is 0.494 e. The summed E-state index contributed by atoms with van der Waals surface area (Å²) in [7, 11) is 1.72. The van der Waals surface area contributed by atoms with Gasteiger partial charge in [0, 0.05) is 32.7 Å². The van der Waals surface area contributed by atoms with Crippen molar-refractivity contribution in [2.45, 2.75) is 32.6 Å². The SMILES string of the molecule is CCCOc1cccc(CCNC(=O)N2CCC[C@H](COC)C2)c1. The van der Waals surface area contributed by atoms with Crippen LogP contribution in [-0.4, -0.2) is 50.9 Å². The fourth-order valence-electron chi connectivity index (χ4n) is 3.06. The molecule has 1 atom stereocenters. The number of likely N-dealkylation sites (tertiary alicyclic amines) is 1. The molecule has 2 rings (SSSR count). The van der Waals surface area contributed by atoms with Gasteiger partial charge in [-0.25, -0.2) is 4.79 Å². The third-order valence-electron chi connectivity index (χ3n) is 4.27. The summed E-state index contributed by atoms with van der Waals surface area (Å²) < 4.78 is 10.9. The summed E-state index contributed by atoms with van der Waals surface area (Å²) in [5, 5.41) is 3.03. The van der Waals surface area contributed by atoms with Crippen molar-refractivity contribution in [1.29, 1.82) is 0 Å². The third kappa shape index (κ3) is 6.04. The van der Waals surface area contributed by atoms with Gasteiger partial charge in [-0.1, -0.05) is 19.1 Å². The summed E-state index contributed by atoms with van der Waals surface area (Å²) in [5.41, 5.74) is 1.18. The molecule has 0 bridgehead atoms. The first-order valence-corrected chi connectivity index (χ1v) is 8.96. The standard InChI is InChI=1S/C19H30N2O3/c1-3-12-24-18-8-4-6-16(13-18)9-10-20-19(22)21-11-5-7-17(14-21)15-23-2/h4,6,8,13,17H,3,5,7,9-12,14-15H2,1-2H3,(H,20,22)/t17-/m0/s1. The number of carbonyl (C=O) groups excluding carboxylic acids is 1. The maximum absolute atomic E-state index is 12.3. The Kier molecular flexibility index (Phi) is 7.89. The molecule has 1 fully saturated rings. The first-order valence-electron chi connectivity index (χ1n) is 8.96. The number of carbonyl (C=O) groups is 1. The molecule has 0 saturated carbocycles. The number of ether oxygens (including phenoxy) is 2. The second kappa shape index (κ2) is 10.2. The van der Waals surface area contributed by atoms with Gasteiger partial charge in [0.2, 0.25) is 0 Å². The molecule has 134 valence electrons. The Bertz CT molecular complexity index is 505. The molecule has 1 aliphatic rings. The second-order valence-electron chi connectivity index (χ2n) is 6.39. The lowest BCUT2D eigenvalue weighted by molar-refractivity contribution is 0.100. The Morgan fingerprint density at radius 3 is 3.08 bits per heavy atom. The maximum atomic E-state index is 12.3. The molecule has 0 aliphatic carbocycles. The first kappa shape index (κ1) is 18.6. The maximum Gasteiger partial charge on any atom is 0.317 e. The number of benzene rings is 1. The van der Waals surface area contributed by atoms with Crippen LogP contribution in [0.5, 0.6) is 5.75 Å². The van der Waals surface area contributed by atoms with E-state index in [2.05, 4.69) is 24.4 Å². The predicted molar refractivity (Wildman–Crippen MR) is 95.5 cm³/mol. The minimum Gasteiger partial charge on any atom is -0.494 e. The summed E-state index contributed by atoms with van der Waals surface area (Å²) in [6, 6.07) is 8.13. The zero-order valence-electron chi connectivity index (χ0n) is 14.9. The van der Waals surface area contributed by atoms with E-state index in [1.165, 1.54) is 5.56 Å². The lowest BCUT2D eigenvalue weighted by Gasteiger charge is -2.32. The van der Waals surface area contributed by atoms with Gasteiger partial charge < -0.3 is 19.7 Å². The van der Waals surface area contributed by atoms with Gasteiger partial charge in [-0.2, -0.15) is 0 Å². The van der Waals surface area contributed by atoms with Crippen LogP contribution in [0.3, 0.4) is 0 Å². The van der Waals surface area contributed by atoms with Gasteiger partial charge in [-0.15, -0.1) is 0 Å². The van der Waals surface area contributed by atoms with Crippen molar-refractivity contribution in [1.82, 2.24) is 10.2 Å². The second-order valence-corrected chi connectivity index (χ2v) is 6.39. The first-order chi connectivity index (χ1) is 11.7. The van der Waals surface area contributed by atoms with Crippen LogP contribution >= 0.6 is 0 Å². The van der Waals surface area contributed by atoms with Crippen molar-refractivity contribution in [3.05, 3.63) is 29.8 Å². The van der Waals surface area contributed by atoms with Crippen LogP contribution in [-0.2, 0) is 11.2 Å². The van der Waals surface area contributed by atoms with Crippen LogP contribution in [0.15, 0.2) is 24.3 Å². The summed E-state index contributed by atoms with van der Waals surface area (Å²) in [4.78, 5) is 14.2. The fraction of sp³-hybridized carbons (Fsp3) is 0.632. The molecular formula is C19H30N2O3. The molecule has 0 spiro atoms. The number of urea groups is 1. The van der Waals surface area contributed by atoms with Gasteiger partial charge in [0.15, 0.2) is 0 Å². The monoisotopic (exact) mass is 334 g/mol. The molecule has 1 saturated heterocycles. The Balaban J connectivity index is 1.74. The molecule has 0 unspecified atom stereocenters. The number of amides is 2. The molecule has 1 heterocycles. The Morgan fingerprint density at radius 2 is 2.29 bits per heavy atom. The molecule has 1 aliphatic heterocycles. The van der Waals surface area contributed by atoms with E-state index in [1.54, 1.807) is 7.11 Å². The predicted octanol–water partition coefficient (Wildman–Crippen LogP) is 3.09. The lowest BCUT2D eigenvalue weighted by Crippen LogP contribution is -2.46. The highest BCUT2D eigenvalue weighted by Crippen LogP contribution is 2.17. The van der Waals surface area contributed by atoms with Crippen LogP contribution in [0, 0.1) is 5.92 Å². The molecule has 5 nitrogen and oxygen atoms in total. The Morgan fingerprint density at radius 1 is 1.42 bits per heavy atom. The van der Waals surface area contributed by atoms with Crippen LogP contribution in [0.4, 0.5) is 4.79 Å². The molecule has 0 radical (unpaired) electrons. The average Bonchev–Trinajstić information content (AvgIpc) is 2.61. The van der Waals surface area contributed by atoms with Crippen LogP contribution in [0.25, 0.3) is 0 Å². The summed E-state index contributed by atoms with van der Waals surface area (Å²) in [5.74, 6) is 1.36. The molecule has 0 aromatic heterocycles. The van der Waals surface area contributed by atoms with E-state index in [0.717, 1.165) is 57.7 Å². The summed E-state index contributed by atoms with van der Waals surface area (Å²) >= 11 is 0. The number of rotatable bonds is 8. The van der Waals surface area contributed by atoms with Crippen molar-refractivity contribution >= 4 is 6.03 Å². The fourth-order valence-corrected chi connectivity index (χ4v) is 3.06. The Hall–Kier alpha value is -1.75. The van der Waals surface area contributed by atoms with Crippen molar-refractivity contribution < 1.29 is 14.3 Å². The van der Waals surface area contributed by atoms with Crippen LogP contribution in [0.2, 0.25) is 0 Å². The number of hydrogen-bond acceptors (Lipinski definition) is 3. The zero-order chi connectivity index (χ0) is 17.2. The lowest BCUT2D eigenvalue weighted by atomic mass is 9.99. The van der Waals surface area contributed by atoms with Gasteiger partial charge in [-0.3, -0.25) is 0 Å². The normalized spacial score (nSPS) is 17.6. The van der Waals surface area contributed by atoms with Crippen molar-refractivity contribution in [3.8, 4) is 5.75 Å². The van der Waals surface area contributed by atoms with Crippen LogP contribution < -0.4 is 10.1 Å². The smallest absolute Gasteiger partial charge is 0.317 e. The van der Waals surface area contributed by atoms with E-state index < -0.39 is 0 Å². The van der Waals surface area contributed by atoms with E-state index in [9.17, 15) is 4.79 Å². The molecule has 1 aromatic rings. The van der Waals surface area contributed by atoms with Crippen molar-refractivity contribution in [2.24, 2.45) is 5.92 Å². The van der Waals surface area contributed by atoms with Gasteiger partial charge in [-0.05, 0) is 43.4 Å². The van der Waals surface area contributed by atoms with Crippen molar-refractivity contribution in [2.75, 3.05) is 40.0 Å². The number of nitrogens with one attached hydrogen (secondary N) is 1. The minimum absolute atomic E-state index is 0.0363. The number of methoxy groups -OCH3 is 1. The number of hydrogen-bond donors (Lipinski definition) is 1. The molecular weight excluding hydrogens is 304 g/mol. The highest BCUT2D eigenvalue weighted by molar-refractivity contribution is 5.74. The van der Waals surface area contributed by atoms with E-state index in [-0.39, 0.29) is 6.03 Å². The quantitative estimate of drug-likeness (QED) is 0.795. The van der Waals surface area contributed by atoms with Gasteiger partial charge >= 0.3 is 6.03 Å². The topological polar surface area (TPSA) is 50.8 Å². The molecule has 1 aromatic carbocycles. The molecule has 24 heavy (non-hydrogen) atoms. The minimum atomic E-state index is 0.0363.